The van der Waals surface area contributed by atoms with E-state index in [1.54, 1.807) is 30.9 Å². The lowest BCUT2D eigenvalue weighted by Crippen LogP contribution is -2.15. The van der Waals surface area contributed by atoms with Crippen LogP contribution in [-0.2, 0) is 20.5 Å². The first kappa shape index (κ1) is 15.1. The van der Waals surface area contributed by atoms with Crippen LogP contribution in [0.3, 0.4) is 0 Å². The fraction of sp³-hybridized carbons (Fsp3) is 0.222. The Kier molecular flexibility index (Phi) is 3.78. The summed E-state index contributed by atoms with van der Waals surface area (Å²) in [4.78, 5) is 24.7. The first-order valence-electron chi connectivity index (χ1n) is 7.56. The smallest absolute Gasteiger partial charge is 0.272 e. The number of aromatic nitrogens is 2. The summed E-state index contributed by atoms with van der Waals surface area (Å²) < 4.78 is 3.25. The van der Waals surface area contributed by atoms with Crippen LogP contribution < -0.4 is 10.9 Å². The lowest BCUT2D eigenvalue weighted by atomic mass is 10.1. The van der Waals surface area contributed by atoms with Crippen LogP contribution in [0.5, 0.6) is 0 Å². The van der Waals surface area contributed by atoms with Crippen molar-refractivity contribution >= 4 is 22.5 Å². The lowest BCUT2D eigenvalue weighted by Gasteiger charge is -2.07. The molecule has 118 valence electrons. The summed E-state index contributed by atoms with van der Waals surface area (Å²) in [5, 5.41) is 3.42. The number of hydrogen-bond donors (Lipinski definition) is 1. The number of nitrogens with zero attached hydrogens (tertiary/aromatic N) is 2. The first-order chi connectivity index (χ1) is 11.0. The Hall–Kier alpha value is -2.82. The van der Waals surface area contributed by atoms with Gasteiger partial charge in [0.25, 0.3) is 11.5 Å². The SMILES string of the molecule is CCc1ccc(NC(=O)c2cc3c(=O)n(C)ccc3n2C)cc1. The molecule has 1 aromatic carbocycles. The Morgan fingerprint density at radius 3 is 2.48 bits per heavy atom. The zero-order valence-corrected chi connectivity index (χ0v) is 13.5. The summed E-state index contributed by atoms with van der Waals surface area (Å²) in [5.74, 6) is -0.227. The van der Waals surface area contributed by atoms with E-state index < -0.39 is 0 Å². The minimum Gasteiger partial charge on any atom is -0.339 e. The first-order valence-corrected chi connectivity index (χ1v) is 7.56. The molecular formula is C18H19N3O2. The van der Waals surface area contributed by atoms with Gasteiger partial charge in [0.05, 0.1) is 10.9 Å². The molecule has 3 rings (SSSR count). The van der Waals surface area contributed by atoms with Crippen molar-refractivity contribution in [2.24, 2.45) is 14.1 Å². The summed E-state index contributed by atoms with van der Waals surface area (Å²) in [6.45, 7) is 2.09. The molecule has 0 saturated carbocycles. The summed E-state index contributed by atoms with van der Waals surface area (Å²) in [6.07, 6.45) is 2.66. The van der Waals surface area contributed by atoms with Gasteiger partial charge in [-0.2, -0.15) is 0 Å². The Bertz CT molecular complexity index is 933. The second kappa shape index (κ2) is 5.76. The van der Waals surface area contributed by atoms with Crippen molar-refractivity contribution in [2.45, 2.75) is 13.3 Å². The number of amides is 1. The third-order valence-corrected chi connectivity index (χ3v) is 4.14. The van der Waals surface area contributed by atoms with Crippen molar-refractivity contribution in [1.29, 1.82) is 0 Å². The summed E-state index contributed by atoms with van der Waals surface area (Å²) >= 11 is 0. The Morgan fingerprint density at radius 2 is 1.83 bits per heavy atom. The fourth-order valence-electron chi connectivity index (χ4n) is 2.67. The third-order valence-electron chi connectivity index (χ3n) is 4.14. The number of nitrogens with one attached hydrogen (secondary N) is 1. The zero-order valence-electron chi connectivity index (χ0n) is 13.5. The van der Waals surface area contributed by atoms with Crippen LogP contribution >= 0.6 is 0 Å². The van der Waals surface area contributed by atoms with Crippen molar-refractivity contribution in [1.82, 2.24) is 9.13 Å². The maximum absolute atomic E-state index is 12.5. The molecule has 0 aliphatic heterocycles. The molecule has 23 heavy (non-hydrogen) atoms. The molecule has 2 aromatic heterocycles. The minimum absolute atomic E-state index is 0.107. The zero-order chi connectivity index (χ0) is 16.6. The number of carbonyl (C=O) groups excluding carboxylic acids is 1. The molecule has 0 radical (unpaired) electrons. The summed E-state index contributed by atoms with van der Waals surface area (Å²) in [7, 11) is 3.49. The predicted molar refractivity (Wildman–Crippen MR) is 91.9 cm³/mol. The van der Waals surface area contributed by atoms with E-state index in [2.05, 4.69) is 12.2 Å². The summed E-state index contributed by atoms with van der Waals surface area (Å²) in [5.41, 5.74) is 3.06. The predicted octanol–water partition coefficient (Wildman–Crippen LogP) is 2.69. The highest BCUT2D eigenvalue weighted by molar-refractivity contribution is 6.06. The Balaban J connectivity index is 1.96. The summed E-state index contributed by atoms with van der Waals surface area (Å²) in [6, 6.07) is 11.2. The molecule has 0 unspecified atom stereocenters. The van der Waals surface area contributed by atoms with Gasteiger partial charge in [-0.05, 0) is 36.2 Å². The number of carbonyl (C=O) groups is 1. The molecule has 5 nitrogen and oxygen atoms in total. The minimum atomic E-state index is -0.227. The van der Waals surface area contributed by atoms with Crippen molar-refractivity contribution in [3.8, 4) is 0 Å². The molecule has 0 aliphatic rings. The molecule has 2 heterocycles. The molecule has 0 atom stereocenters. The van der Waals surface area contributed by atoms with Gasteiger partial charge in [0.2, 0.25) is 0 Å². The molecule has 0 fully saturated rings. The number of fused-ring (bicyclic) bond motifs is 1. The average Bonchev–Trinajstić information content (AvgIpc) is 2.89. The van der Waals surface area contributed by atoms with E-state index in [4.69, 9.17) is 0 Å². The molecule has 0 bridgehead atoms. The number of pyridine rings is 1. The number of anilines is 1. The van der Waals surface area contributed by atoms with Gasteiger partial charge in [-0.15, -0.1) is 0 Å². The van der Waals surface area contributed by atoms with Gasteiger partial charge >= 0.3 is 0 Å². The van der Waals surface area contributed by atoms with Crippen molar-refractivity contribution in [3.63, 3.8) is 0 Å². The second-order valence-corrected chi connectivity index (χ2v) is 5.62. The second-order valence-electron chi connectivity index (χ2n) is 5.62. The van der Waals surface area contributed by atoms with Gasteiger partial charge in [-0.25, -0.2) is 0 Å². The van der Waals surface area contributed by atoms with Crippen molar-refractivity contribution in [2.75, 3.05) is 5.32 Å². The molecule has 3 aromatic rings. The van der Waals surface area contributed by atoms with E-state index >= 15 is 0 Å². The van der Waals surface area contributed by atoms with Crippen LogP contribution in [0.4, 0.5) is 5.69 Å². The van der Waals surface area contributed by atoms with Gasteiger partial charge in [-0.1, -0.05) is 19.1 Å². The van der Waals surface area contributed by atoms with Gasteiger partial charge in [0.1, 0.15) is 5.69 Å². The van der Waals surface area contributed by atoms with E-state index in [9.17, 15) is 9.59 Å². The van der Waals surface area contributed by atoms with Crippen LogP contribution in [-0.4, -0.2) is 15.0 Å². The fourth-order valence-corrected chi connectivity index (χ4v) is 2.67. The van der Waals surface area contributed by atoms with E-state index in [0.717, 1.165) is 17.6 Å². The maximum atomic E-state index is 12.5. The van der Waals surface area contributed by atoms with Crippen molar-refractivity contribution < 1.29 is 4.79 Å². The number of rotatable bonds is 3. The standard InChI is InChI=1S/C18H19N3O2/c1-4-12-5-7-13(8-6-12)19-17(22)16-11-14-15(21(16)3)9-10-20(2)18(14)23/h5-11H,4H2,1-3H3,(H,19,22). The quantitative estimate of drug-likeness (QED) is 0.808. The number of aryl methyl sites for hydroxylation is 3. The van der Waals surface area contributed by atoms with Crippen LogP contribution in [0.15, 0.2) is 47.4 Å². The molecule has 0 spiro atoms. The van der Waals surface area contributed by atoms with Gasteiger partial charge in [0, 0.05) is 26.0 Å². The van der Waals surface area contributed by atoms with Gasteiger partial charge in [-0.3, -0.25) is 9.59 Å². The number of hydrogen-bond acceptors (Lipinski definition) is 2. The van der Waals surface area contributed by atoms with Crippen LogP contribution in [0.25, 0.3) is 10.9 Å². The topological polar surface area (TPSA) is 56.0 Å². The Labute approximate surface area is 134 Å². The third kappa shape index (κ3) is 2.65. The lowest BCUT2D eigenvalue weighted by molar-refractivity contribution is 0.102. The normalized spacial score (nSPS) is 10.9. The molecule has 5 heteroatoms. The largest absolute Gasteiger partial charge is 0.339 e. The van der Waals surface area contributed by atoms with Gasteiger partial charge in [0.15, 0.2) is 0 Å². The highest BCUT2D eigenvalue weighted by Gasteiger charge is 2.15. The maximum Gasteiger partial charge on any atom is 0.272 e. The number of benzene rings is 1. The van der Waals surface area contributed by atoms with E-state index in [0.29, 0.717) is 11.1 Å². The van der Waals surface area contributed by atoms with Crippen molar-refractivity contribution in [3.05, 3.63) is 64.2 Å². The van der Waals surface area contributed by atoms with Gasteiger partial charge < -0.3 is 14.5 Å². The van der Waals surface area contributed by atoms with E-state index in [1.165, 1.54) is 10.1 Å². The average molecular weight is 309 g/mol. The van der Waals surface area contributed by atoms with Crippen LogP contribution in [0.1, 0.15) is 23.0 Å². The molecule has 1 N–H and O–H groups in total. The highest BCUT2D eigenvalue weighted by atomic mass is 16.2. The highest BCUT2D eigenvalue weighted by Crippen LogP contribution is 2.17. The van der Waals surface area contributed by atoms with E-state index in [1.807, 2.05) is 30.3 Å². The molecule has 0 saturated heterocycles. The van der Waals surface area contributed by atoms with E-state index in [-0.39, 0.29) is 11.5 Å². The molecular weight excluding hydrogens is 290 g/mol. The Morgan fingerprint density at radius 1 is 1.13 bits per heavy atom. The van der Waals surface area contributed by atoms with Crippen LogP contribution in [0.2, 0.25) is 0 Å². The molecule has 0 aliphatic carbocycles. The monoisotopic (exact) mass is 309 g/mol. The molecule has 1 amide bonds. The van der Waals surface area contributed by atoms with Crippen LogP contribution in [0, 0.1) is 0 Å².